The Labute approximate surface area is 225 Å². The van der Waals surface area contributed by atoms with Gasteiger partial charge in [0.15, 0.2) is 5.52 Å². The number of rotatable bonds is 5. The normalized spacial score (nSPS) is 10.7. The van der Waals surface area contributed by atoms with E-state index >= 15 is 0 Å². The van der Waals surface area contributed by atoms with E-state index in [2.05, 4.69) is 60.5 Å². The first-order valence-electron chi connectivity index (χ1n) is 9.99. The Morgan fingerprint density at radius 3 is 2.20 bits per heavy atom. The second kappa shape index (κ2) is 10.5. The van der Waals surface area contributed by atoms with E-state index < -0.39 is 4.92 Å². The number of non-ortho nitro benzene ring substituents is 2. The number of ether oxygens (including phenoxy) is 1. The number of hydrogen-bond donors (Lipinski definition) is 1. The molecular formula is C22H16I2N6O5. The summed E-state index contributed by atoms with van der Waals surface area (Å²) in [5.41, 5.74) is 2.07. The Morgan fingerprint density at radius 2 is 1.57 bits per heavy atom. The van der Waals surface area contributed by atoms with Crippen LogP contribution in [0.25, 0.3) is 21.8 Å². The van der Waals surface area contributed by atoms with Crippen LogP contribution < -0.4 is 4.74 Å². The Morgan fingerprint density at radius 1 is 0.943 bits per heavy atom. The highest BCUT2D eigenvalue weighted by atomic mass is 127. The van der Waals surface area contributed by atoms with Gasteiger partial charge in [0.1, 0.15) is 18.7 Å². The fourth-order valence-corrected chi connectivity index (χ4v) is 4.73. The van der Waals surface area contributed by atoms with E-state index in [1.807, 2.05) is 30.3 Å². The maximum Gasteiger partial charge on any atom is 0.297 e. The van der Waals surface area contributed by atoms with Crippen molar-refractivity contribution in [3.63, 3.8) is 0 Å². The number of aromatic amines is 1. The topological polar surface area (TPSA) is 142 Å². The molecule has 0 saturated carbocycles. The van der Waals surface area contributed by atoms with Crippen LogP contribution in [0.2, 0.25) is 0 Å². The number of nitro groups is 2. The smallest absolute Gasteiger partial charge is 0.297 e. The number of benzene rings is 3. The van der Waals surface area contributed by atoms with Crippen LogP contribution >= 0.6 is 45.2 Å². The average Bonchev–Trinajstić information content (AvgIpc) is 3.39. The summed E-state index contributed by atoms with van der Waals surface area (Å²) < 4.78 is 8.38. The zero-order chi connectivity index (χ0) is 25.1. The number of hydrogen-bond acceptors (Lipinski definition) is 7. The molecule has 0 aliphatic carbocycles. The molecule has 0 radical (unpaired) electrons. The van der Waals surface area contributed by atoms with E-state index in [1.165, 1.54) is 12.1 Å². The molecule has 13 heteroatoms. The molecule has 0 amide bonds. The third-order valence-corrected chi connectivity index (χ3v) is 6.72. The SMILES string of the molecule is COc1ccc(Cn2nc(I)c3cccc([N+](=O)[O-])c32)cc1.O=[N+]([O-])c1cccc2c(I)[nH]nc12. The number of halogens is 2. The van der Waals surface area contributed by atoms with Crippen molar-refractivity contribution in [2.45, 2.75) is 6.54 Å². The lowest BCUT2D eigenvalue weighted by atomic mass is 10.2. The van der Waals surface area contributed by atoms with Gasteiger partial charge in [-0.15, -0.1) is 0 Å². The van der Waals surface area contributed by atoms with E-state index in [0.717, 1.165) is 29.5 Å². The first kappa shape index (κ1) is 24.8. The van der Waals surface area contributed by atoms with E-state index in [4.69, 9.17) is 4.74 Å². The van der Waals surface area contributed by atoms with E-state index in [-0.39, 0.29) is 16.3 Å². The van der Waals surface area contributed by atoms with Gasteiger partial charge in [-0.25, -0.2) is 0 Å². The summed E-state index contributed by atoms with van der Waals surface area (Å²) in [6, 6.07) is 17.5. The van der Waals surface area contributed by atoms with Crippen molar-refractivity contribution in [3.05, 3.63) is 93.9 Å². The van der Waals surface area contributed by atoms with Crippen molar-refractivity contribution in [1.82, 2.24) is 20.0 Å². The molecule has 1 N–H and O–H groups in total. The third-order valence-electron chi connectivity index (χ3n) is 5.11. The third kappa shape index (κ3) is 5.19. The van der Waals surface area contributed by atoms with Crippen LogP contribution in [0.5, 0.6) is 5.75 Å². The van der Waals surface area contributed by atoms with Crippen molar-refractivity contribution in [3.8, 4) is 5.75 Å². The second-order valence-corrected chi connectivity index (χ2v) is 9.30. The number of para-hydroxylation sites is 2. The number of fused-ring (bicyclic) bond motifs is 2. The maximum absolute atomic E-state index is 11.3. The molecule has 0 spiro atoms. The standard InChI is InChI=1S/C15H12IN3O3.C7H4IN3O2/c1-22-11-7-5-10(6-8-11)9-18-14-12(15(16)17-18)3-2-4-13(14)19(20)21;8-7-4-2-1-3-5(11(12)13)6(4)9-10-7/h2-8H,9H2,1H3;1-3H,(H,9,10). The largest absolute Gasteiger partial charge is 0.497 e. The monoisotopic (exact) mass is 698 g/mol. The first-order valence-corrected chi connectivity index (χ1v) is 12.1. The fraction of sp³-hybridized carbons (Fsp3) is 0.0909. The number of nitrogens with zero attached hydrogens (tertiary/aromatic N) is 5. The lowest BCUT2D eigenvalue weighted by molar-refractivity contribution is -0.383. The summed E-state index contributed by atoms with van der Waals surface area (Å²) in [5, 5.41) is 34.4. The van der Waals surface area contributed by atoms with Crippen LogP contribution in [-0.2, 0) is 6.54 Å². The van der Waals surface area contributed by atoms with Crippen LogP contribution in [0.3, 0.4) is 0 Å². The number of H-pyrrole nitrogens is 1. The van der Waals surface area contributed by atoms with Gasteiger partial charge >= 0.3 is 0 Å². The number of aromatic nitrogens is 4. The van der Waals surface area contributed by atoms with Gasteiger partial charge in [-0.2, -0.15) is 10.2 Å². The molecule has 0 bridgehead atoms. The van der Waals surface area contributed by atoms with Crippen molar-refractivity contribution in [2.75, 3.05) is 7.11 Å². The summed E-state index contributed by atoms with van der Waals surface area (Å²) >= 11 is 4.15. The summed E-state index contributed by atoms with van der Waals surface area (Å²) in [5.74, 6) is 0.773. The van der Waals surface area contributed by atoms with Gasteiger partial charge in [0.25, 0.3) is 11.4 Å². The van der Waals surface area contributed by atoms with Crippen LogP contribution in [0.15, 0.2) is 60.7 Å². The van der Waals surface area contributed by atoms with Gasteiger partial charge < -0.3 is 4.74 Å². The summed E-state index contributed by atoms with van der Waals surface area (Å²) in [4.78, 5) is 21.0. The quantitative estimate of drug-likeness (QED) is 0.141. The first-order chi connectivity index (χ1) is 16.8. The predicted octanol–water partition coefficient (Wildman–Crippen LogP) is 5.68. The van der Waals surface area contributed by atoms with E-state index in [0.29, 0.717) is 17.6 Å². The number of nitrogens with one attached hydrogen (secondary N) is 1. The zero-order valence-electron chi connectivity index (χ0n) is 18.0. The highest BCUT2D eigenvalue weighted by Gasteiger charge is 2.19. The molecule has 178 valence electrons. The van der Waals surface area contributed by atoms with Crippen molar-refractivity contribution in [1.29, 1.82) is 0 Å². The van der Waals surface area contributed by atoms with Gasteiger partial charge in [-0.1, -0.05) is 24.3 Å². The fourth-order valence-electron chi connectivity index (χ4n) is 3.48. The molecule has 0 saturated heterocycles. The molecule has 0 atom stereocenters. The van der Waals surface area contributed by atoms with Gasteiger partial charge in [0, 0.05) is 22.9 Å². The van der Waals surface area contributed by atoms with Gasteiger partial charge in [-0.3, -0.25) is 30.0 Å². The Kier molecular flexibility index (Phi) is 7.44. The van der Waals surface area contributed by atoms with Gasteiger partial charge in [0.05, 0.1) is 23.5 Å². The molecule has 0 aliphatic rings. The van der Waals surface area contributed by atoms with Gasteiger partial charge in [0.2, 0.25) is 0 Å². The molecule has 0 aliphatic heterocycles. The molecule has 0 fully saturated rings. The van der Waals surface area contributed by atoms with Crippen LogP contribution in [0.1, 0.15) is 5.56 Å². The molecular weight excluding hydrogens is 682 g/mol. The second-order valence-electron chi connectivity index (χ2n) is 7.19. The highest BCUT2D eigenvalue weighted by Crippen LogP contribution is 2.29. The number of methoxy groups -OCH3 is 1. The minimum Gasteiger partial charge on any atom is -0.497 e. The minimum atomic E-state index is -0.431. The molecule has 5 aromatic rings. The Hall–Kier alpha value is -3.34. The van der Waals surface area contributed by atoms with Crippen molar-refractivity contribution in [2.24, 2.45) is 0 Å². The maximum atomic E-state index is 11.3. The lowest BCUT2D eigenvalue weighted by Crippen LogP contribution is -2.03. The van der Waals surface area contributed by atoms with E-state index in [1.54, 1.807) is 30.0 Å². The molecule has 0 unspecified atom stereocenters. The van der Waals surface area contributed by atoms with Crippen molar-refractivity contribution >= 4 is 78.4 Å². The molecule has 5 rings (SSSR count). The minimum absolute atomic E-state index is 0.0386. The summed E-state index contributed by atoms with van der Waals surface area (Å²) in [6.07, 6.45) is 0. The zero-order valence-corrected chi connectivity index (χ0v) is 22.3. The number of nitro benzene ring substituents is 2. The molecule has 2 heterocycles. The van der Waals surface area contributed by atoms with E-state index in [9.17, 15) is 20.2 Å². The molecule has 3 aromatic carbocycles. The summed E-state index contributed by atoms with van der Waals surface area (Å²) in [6.45, 7) is 0.467. The Balaban J connectivity index is 0.000000189. The van der Waals surface area contributed by atoms with Crippen molar-refractivity contribution < 1.29 is 14.6 Å². The van der Waals surface area contributed by atoms with Crippen LogP contribution in [0, 0.1) is 27.6 Å². The average molecular weight is 698 g/mol. The van der Waals surface area contributed by atoms with Gasteiger partial charge in [-0.05, 0) is 75.0 Å². The molecule has 35 heavy (non-hydrogen) atoms. The Bertz CT molecular complexity index is 1550. The summed E-state index contributed by atoms with van der Waals surface area (Å²) in [7, 11) is 1.61. The van der Waals surface area contributed by atoms with Crippen LogP contribution in [0.4, 0.5) is 11.4 Å². The highest BCUT2D eigenvalue weighted by molar-refractivity contribution is 14.1. The molecule has 11 nitrogen and oxygen atoms in total. The molecule has 2 aromatic heterocycles. The van der Waals surface area contributed by atoms with Crippen LogP contribution in [-0.4, -0.2) is 36.9 Å². The predicted molar refractivity (Wildman–Crippen MR) is 147 cm³/mol. The lowest BCUT2D eigenvalue weighted by Gasteiger charge is -2.05.